The molecule has 2 aromatic carbocycles. The number of primary amides is 1. The number of hydrogen-bond acceptors (Lipinski definition) is 3. The van der Waals surface area contributed by atoms with Gasteiger partial charge in [0.15, 0.2) is 0 Å². The molecule has 190 valence electrons. The molecule has 0 spiro atoms. The fraction of sp³-hybridized carbons (Fsp3) is 0.467. The van der Waals surface area contributed by atoms with Gasteiger partial charge in [-0.1, -0.05) is 48.0 Å². The maximum absolute atomic E-state index is 12.8. The zero-order valence-electron chi connectivity index (χ0n) is 21.2. The second kappa shape index (κ2) is 10.9. The molecule has 2 fully saturated rings. The summed E-state index contributed by atoms with van der Waals surface area (Å²) in [5.74, 6) is 0.627. The number of amides is 2. The molecule has 2 amide bonds. The molecule has 1 saturated heterocycles. The third-order valence-corrected chi connectivity index (χ3v) is 8.31. The monoisotopic (exact) mass is 486 g/mol. The minimum atomic E-state index is -0.325. The first-order chi connectivity index (χ1) is 17.5. The molecule has 0 radical (unpaired) electrons. The summed E-state index contributed by atoms with van der Waals surface area (Å²) in [4.78, 5) is 30.6. The third kappa shape index (κ3) is 5.49. The highest BCUT2D eigenvalue weighted by Crippen LogP contribution is 2.37. The van der Waals surface area contributed by atoms with Crippen LogP contribution in [-0.4, -0.2) is 46.9 Å². The molecule has 6 heteroatoms. The van der Waals surface area contributed by atoms with Gasteiger partial charge < -0.3 is 20.9 Å². The molecule has 2 aliphatic rings. The number of likely N-dealkylation sites (tertiary alicyclic amines) is 1. The van der Waals surface area contributed by atoms with Gasteiger partial charge in [-0.3, -0.25) is 9.59 Å². The van der Waals surface area contributed by atoms with Gasteiger partial charge in [0, 0.05) is 36.2 Å². The summed E-state index contributed by atoms with van der Waals surface area (Å²) in [5, 5.41) is 4.96. The Labute approximate surface area is 213 Å². The zero-order chi connectivity index (χ0) is 25.1. The van der Waals surface area contributed by atoms with E-state index in [4.69, 9.17) is 5.73 Å². The Morgan fingerprint density at radius 1 is 1.03 bits per heavy atom. The molecule has 1 atom stereocenters. The lowest BCUT2D eigenvalue weighted by molar-refractivity contribution is -0.132. The highest BCUT2D eigenvalue weighted by atomic mass is 16.2. The Morgan fingerprint density at radius 3 is 2.50 bits per heavy atom. The number of para-hydroxylation sites is 1. The van der Waals surface area contributed by atoms with Gasteiger partial charge in [0.25, 0.3) is 0 Å². The Balaban J connectivity index is 1.13. The van der Waals surface area contributed by atoms with E-state index in [1.807, 2.05) is 30.0 Å². The zero-order valence-corrected chi connectivity index (χ0v) is 21.2. The molecule has 2 heterocycles. The minimum absolute atomic E-state index is 0.165. The number of piperidine rings is 1. The molecule has 3 aromatic rings. The van der Waals surface area contributed by atoms with Gasteiger partial charge in [-0.15, -0.1) is 0 Å². The average molecular weight is 487 g/mol. The number of benzene rings is 2. The summed E-state index contributed by atoms with van der Waals surface area (Å²) in [5.41, 5.74) is 10.7. The van der Waals surface area contributed by atoms with Gasteiger partial charge in [-0.05, 0) is 74.5 Å². The van der Waals surface area contributed by atoms with Gasteiger partial charge >= 0.3 is 0 Å². The number of nitrogens with two attached hydrogens (primary N) is 1. The van der Waals surface area contributed by atoms with Crippen LogP contribution in [0, 0.1) is 12.8 Å². The van der Waals surface area contributed by atoms with Gasteiger partial charge in [-0.25, -0.2) is 0 Å². The number of aromatic amines is 1. The molecular formula is C30H38N4O2. The normalized spacial score (nSPS) is 22.0. The predicted molar refractivity (Wildman–Crippen MR) is 144 cm³/mol. The average Bonchev–Trinajstić information content (AvgIpc) is 3.32. The van der Waals surface area contributed by atoms with Crippen LogP contribution in [0.2, 0.25) is 0 Å². The molecule has 36 heavy (non-hydrogen) atoms. The van der Waals surface area contributed by atoms with E-state index in [0.717, 1.165) is 44.1 Å². The summed E-state index contributed by atoms with van der Waals surface area (Å²) >= 11 is 0. The first kappa shape index (κ1) is 24.6. The maximum Gasteiger partial charge on any atom is 0.234 e. The van der Waals surface area contributed by atoms with Crippen molar-refractivity contribution >= 4 is 22.7 Å². The van der Waals surface area contributed by atoms with Crippen molar-refractivity contribution in [3.05, 3.63) is 71.4 Å². The first-order valence-corrected chi connectivity index (χ1v) is 13.4. The molecule has 1 saturated carbocycles. The van der Waals surface area contributed by atoms with Gasteiger partial charge in [0.05, 0.1) is 12.5 Å². The second-order valence-corrected chi connectivity index (χ2v) is 10.8. The van der Waals surface area contributed by atoms with Crippen LogP contribution in [0.5, 0.6) is 0 Å². The number of H-pyrrole nitrogens is 1. The second-order valence-electron chi connectivity index (χ2n) is 10.8. The molecule has 1 unspecified atom stereocenters. The summed E-state index contributed by atoms with van der Waals surface area (Å²) in [7, 11) is 0. The van der Waals surface area contributed by atoms with Crippen molar-refractivity contribution in [2.75, 3.05) is 13.1 Å². The molecule has 1 aromatic heterocycles. The first-order valence-electron chi connectivity index (χ1n) is 13.4. The smallest absolute Gasteiger partial charge is 0.234 e. The minimum Gasteiger partial charge on any atom is -0.368 e. The van der Waals surface area contributed by atoms with Crippen molar-refractivity contribution in [2.24, 2.45) is 11.7 Å². The van der Waals surface area contributed by atoms with E-state index in [-0.39, 0.29) is 23.8 Å². The van der Waals surface area contributed by atoms with E-state index in [2.05, 4.69) is 46.8 Å². The number of rotatable bonds is 7. The van der Waals surface area contributed by atoms with Crippen molar-refractivity contribution in [1.82, 2.24) is 15.2 Å². The number of aryl methyl sites for hydroxylation is 1. The maximum atomic E-state index is 12.8. The van der Waals surface area contributed by atoms with E-state index < -0.39 is 0 Å². The Hall–Kier alpha value is -3.12. The van der Waals surface area contributed by atoms with Gasteiger partial charge in [0.2, 0.25) is 11.8 Å². The van der Waals surface area contributed by atoms with Crippen LogP contribution in [0.4, 0.5) is 0 Å². The van der Waals surface area contributed by atoms with E-state index in [0.29, 0.717) is 31.5 Å². The SMILES string of the molecule is Cc1cccc(CC(=O)N2CCC(C(NC3CCC(c4c[nH]c5ccccc45)CC3)C(N)=O)CC2)c1. The fourth-order valence-electron chi connectivity index (χ4n) is 6.30. The third-order valence-electron chi connectivity index (χ3n) is 8.31. The van der Waals surface area contributed by atoms with Crippen molar-refractivity contribution < 1.29 is 9.59 Å². The van der Waals surface area contributed by atoms with Crippen LogP contribution >= 0.6 is 0 Å². The van der Waals surface area contributed by atoms with Gasteiger partial charge in [-0.2, -0.15) is 0 Å². The lowest BCUT2D eigenvalue weighted by Gasteiger charge is -2.38. The summed E-state index contributed by atoms with van der Waals surface area (Å²) in [6, 6.07) is 16.6. The molecule has 0 bridgehead atoms. The number of nitrogens with zero attached hydrogens (tertiary/aromatic N) is 1. The largest absolute Gasteiger partial charge is 0.368 e. The van der Waals surface area contributed by atoms with Crippen LogP contribution in [-0.2, 0) is 16.0 Å². The number of hydrogen-bond donors (Lipinski definition) is 3. The van der Waals surface area contributed by atoms with Crippen LogP contribution in [0.1, 0.15) is 61.1 Å². The highest BCUT2D eigenvalue weighted by molar-refractivity contribution is 5.83. The fourth-order valence-corrected chi connectivity index (χ4v) is 6.30. The molecule has 1 aliphatic carbocycles. The topological polar surface area (TPSA) is 91.2 Å². The van der Waals surface area contributed by atoms with E-state index in [1.165, 1.54) is 22.0 Å². The quantitative estimate of drug-likeness (QED) is 0.461. The molecule has 6 nitrogen and oxygen atoms in total. The van der Waals surface area contributed by atoms with Crippen molar-refractivity contribution in [3.8, 4) is 0 Å². The van der Waals surface area contributed by atoms with Crippen LogP contribution in [0.25, 0.3) is 10.9 Å². The number of nitrogens with one attached hydrogen (secondary N) is 2. The highest BCUT2D eigenvalue weighted by Gasteiger charge is 2.34. The standard InChI is InChI=1S/C30H38N4O2/c1-20-5-4-6-21(17-20)18-28(35)34-15-13-23(14-16-34)29(30(31)36)33-24-11-9-22(10-12-24)26-19-32-27-8-3-2-7-25(26)27/h2-8,17,19,22-24,29,32-33H,9-16,18H2,1H3,(H2,31,36). The number of carbonyl (C=O) groups is 2. The van der Waals surface area contributed by atoms with Crippen LogP contribution < -0.4 is 11.1 Å². The lowest BCUT2D eigenvalue weighted by Crippen LogP contribution is -2.54. The van der Waals surface area contributed by atoms with Crippen molar-refractivity contribution in [1.29, 1.82) is 0 Å². The summed E-state index contributed by atoms with van der Waals surface area (Å²) in [6.07, 6.45) is 8.53. The van der Waals surface area contributed by atoms with Crippen LogP contribution in [0.3, 0.4) is 0 Å². The molecule has 4 N–H and O–H groups in total. The lowest BCUT2D eigenvalue weighted by atomic mass is 9.80. The van der Waals surface area contributed by atoms with Gasteiger partial charge in [0.1, 0.15) is 0 Å². The summed E-state index contributed by atoms with van der Waals surface area (Å²) < 4.78 is 0. The van der Waals surface area contributed by atoms with E-state index in [9.17, 15) is 9.59 Å². The Kier molecular flexibility index (Phi) is 7.42. The molecule has 1 aliphatic heterocycles. The predicted octanol–water partition coefficient (Wildman–Crippen LogP) is 4.43. The van der Waals surface area contributed by atoms with E-state index >= 15 is 0 Å². The molecule has 5 rings (SSSR count). The van der Waals surface area contributed by atoms with Crippen molar-refractivity contribution in [2.45, 2.75) is 69.9 Å². The summed E-state index contributed by atoms with van der Waals surface area (Å²) in [6.45, 7) is 3.42. The Bertz CT molecular complexity index is 1200. The Morgan fingerprint density at radius 2 is 1.78 bits per heavy atom. The number of aromatic nitrogens is 1. The number of carbonyl (C=O) groups excluding carboxylic acids is 2. The van der Waals surface area contributed by atoms with E-state index in [1.54, 1.807) is 0 Å². The molecular weight excluding hydrogens is 448 g/mol. The van der Waals surface area contributed by atoms with Crippen LogP contribution in [0.15, 0.2) is 54.7 Å². The number of fused-ring (bicyclic) bond motifs is 1. The van der Waals surface area contributed by atoms with Crippen molar-refractivity contribution in [3.63, 3.8) is 0 Å².